The van der Waals surface area contributed by atoms with Crippen molar-refractivity contribution in [1.82, 2.24) is 5.32 Å². The molecule has 1 aromatic carbocycles. The second kappa shape index (κ2) is 6.83. The SMILES string of the molecule is Cc1cc(Br)ccc1SCC(=O)NC1(CC(=O)O)CCC1. The van der Waals surface area contributed by atoms with Crippen LogP contribution >= 0.6 is 27.7 Å². The zero-order valence-electron chi connectivity index (χ0n) is 11.8. The number of hydrogen-bond acceptors (Lipinski definition) is 3. The maximum Gasteiger partial charge on any atom is 0.305 e. The lowest BCUT2D eigenvalue weighted by molar-refractivity contribution is -0.140. The minimum absolute atomic E-state index is 0.0146. The van der Waals surface area contributed by atoms with Crippen LogP contribution in [0.5, 0.6) is 0 Å². The number of nitrogens with one attached hydrogen (secondary N) is 1. The third kappa shape index (κ3) is 4.48. The topological polar surface area (TPSA) is 66.4 Å². The molecule has 0 aromatic heterocycles. The van der Waals surface area contributed by atoms with Crippen molar-refractivity contribution < 1.29 is 14.7 Å². The van der Waals surface area contributed by atoms with Crippen molar-refractivity contribution in [1.29, 1.82) is 0 Å². The van der Waals surface area contributed by atoms with Gasteiger partial charge in [0.05, 0.1) is 17.7 Å². The number of carboxylic acids is 1. The second-order valence-electron chi connectivity index (χ2n) is 5.45. The van der Waals surface area contributed by atoms with Crippen molar-refractivity contribution in [3.8, 4) is 0 Å². The number of aliphatic carboxylic acids is 1. The maximum absolute atomic E-state index is 12.1. The lowest BCUT2D eigenvalue weighted by Gasteiger charge is -2.41. The van der Waals surface area contributed by atoms with Gasteiger partial charge in [-0.05, 0) is 49.9 Å². The van der Waals surface area contributed by atoms with Gasteiger partial charge in [-0.2, -0.15) is 0 Å². The number of carboxylic acid groups (broad SMARTS) is 1. The first-order chi connectivity index (χ1) is 9.90. The largest absolute Gasteiger partial charge is 0.481 e. The van der Waals surface area contributed by atoms with Crippen LogP contribution < -0.4 is 5.32 Å². The standard InChI is InChI=1S/C15H18BrNO3S/c1-10-7-11(16)3-4-12(10)21-9-13(18)17-15(5-2-6-15)8-14(19)20/h3-4,7H,2,5-6,8-9H2,1H3,(H,17,18)(H,19,20). The summed E-state index contributed by atoms with van der Waals surface area (Å²) in [5.74, 6) is -0.640. The van der Waals surface area contributed by atoms with Crippen molar-refractivity contribution in [3.63, 3.8) is 0 Å². The van der Waals surface area contributed by atoms with E-state index in [-0.39, 0.29) is 12.3 Å². The number of benzene rings is 1. The molecule has 1 amide bonds. The molecule has 1 aliphatic carbocycles. The van der Waals surface area contributed by atoms with Crippen LogP contribution in [0.4, 0.5) is 0 Å². The average Bonchev–Trinajstić information content (AvgIpc) is 2.34. The summed E-state index contributed by atoms with van der Waals surface area (Å²) in [4.78, 5) is 24.0. The third-order valence-electron chi connectivity index (χ3n) is 3.70. The van der Waals surface area contributed by atoms with E-state index < -0.39 is 11.5 Å². The molecule has 21 heavy (non-hydrogen) atoms. The second-order valence-corrected chi connectivity index (χ2v) is 7.38. The van der Waals surface area contributed by atoms with E-state index in [1.165, 1.54) is 11.8 Å². The van der Waals surface area contributed by atoms with E-state index in [1.54, 1.807) is 0 Å². The molecule has 0 spiro atoms. The molecule has 1 aliphatic rings. The molecule has 1 fully saturated rings. The Bertz CT molecular complexity index is 558. The van der Waals surface area contributed by atoms with Crippen LogP contribution in [-0.4, -0.2) is 28.3 Å². The molecule has 0 bridgehead atoms. The number of carbonyl (C=O) groups is 2. The van der Waals surface area contributed by atoms with Crippen LogP contribution in [0.2, 0.25) is 0 Å². The molecule has 1 saturated carbocycles. The van der Waals surface area contributed by atoms with Crippen molar-refractivity contribution >= 4 is 39.6 Å². The summed E-state index contributed by atoms with van der Waals surface area (Å²) in [6.45, 7) is 2.00. The van der Waals surface area contributed by atoms with E-state index in [4.69, 9.17) is 5.11 Å². The first kappa shape index (κ1) is 16.4. The number of carbonyl (C=O) groups excluding carboxylic acids is 1. The first-order valence-electron chi connectivity index (χ1n) is 6.82. The van der Waals surface area contributed by atoms with Gasteiger partial charge in [0.15, 0.2) is 0 Å². The minimum Gasteiger partial charge on any atom is -0.481 e. The zero-order valence-corrected chi connectivity index (χ0v) is 14.2. The Morgan fingerprint density at radius 1 is 1.43 bits per heavy atom. The number of aryl methyl sites for hydroxylation is 1. The number of halogens is 1. The maximum atomic E-state index is 12.1. The molecule has 0 aliphatic heterocycles. The highest BCUT2D eigenvalue weighted by Crippen LogP contribution is 2.35. The fourth-order valence-corrected chi connectivity index (χ4v) is 3.77. The highest BCUT2D eigenvalue weighted by molar-refractivity contribution is 9.10. The Kier molecular flexibility index (Phi) is 5.32. The van der Waals surface area contributed by atoms with Crippen LogP contribution in [0.25, 0.3) is 0 Å². The molecule has 4 nitrogen and oxygen atoms in total. The van der Waals surface area contributed by atoms with Crippen molar-refractivity contribution in [2.24, 2.45) is 0 Å². The lowest BCUT2D eigenvalue weighted by Crippen LogP contribution is -2.55. The van der Waals surface area contributed by atoms with E-state index in [0.717, 1.165) is 34.2 Å². The zero-order chi connectivity index (χ0) is 15.5. The monoisotopic (exact) mass is 371 g/mol. The Balaban J connectivity index is 1.88. The summed E-state index contributed by atoms with van der Waals surface area (Å²) in [7, 11) is 0. The molecule has 0 atom stereocenters. The van der Waals surface area contributed by atoms with Crippen molar-refractivity contribution in [2.75, 3.05) is 5.75 Å². The molecule has 1 aromatic rings. The molecule has 2 rings (SSSR count). The first-order valence-corrected chi connectivity index (χ1v) is 8.60. The molecular weight excluding hydrogens is 354 g/mol. The Morgan fingerprint density at radius 2 is 2.14 bits per heavy atom. The summed E-state index contributed by atoms with van der Waals surface area (Å²) >= 11 is 4.89. The molecule has 2 N–H and O–H groups in total. The van der Waals surface area contributed by atoms with Gasteiger partial charge in [-0.15, -0.1) is 11.8 Å². The van der Waals surface area contributed by atoms with E-state index in [9.17, 15) is 9.59 Å². The highest BCUT2D eigenvalue weighted by Gasteiger charge is 2.40. The molecule has 0 saturated heterocycles. The average molecular weight is 372 g/mol. The third-order valence-corrected chi connectivity index (χ3v) is 5.37. The van der Waals surface area contributed by atoms with Gasteiger partial charge in [-0.25, -0.2) is 0 Å². The van der Waals surface area contributed by atoms with E-state index in [0.29, 0.717) is 5.75 Å². The highest BCUT2D eigenvalue weighted by atomic mass is 79.9. The smallest absolute Gasteiger partial charge is 0.305 e. The van der Waals surface area contributed by atoms with E-state index in [2.05, 4.69) is 21.2 Å². The van der Waals surface area contributed by atoms with Gasteiger partial charge in [-0.1, -0.05) is 15.9 Å². The Hall–Kier alpha value is -1.01. The summed E-state index contributed by atoms with van der Waals surface area (Å²) in [6.07, 6.45) is 2.51. The van der Waals surface area contributed by atoms with Crippen molar-refractivity contribution in [3.05, 3.63) is 28.2 Å². The predicted molar refractivity (Wildman–Crippen MR) is 86.6 cm³/mol. The van der Waals surface area contributed by atoms with Gasteiger partial charge >= 0.3 is 5.97 Å². The van der Waals surface area contributed by atoms with Gasteiger partial charge in [-0.3, -0.25) is 9.59 Å². The Labute approximate surface area is 136 Å². The van der Waals surface area contributed by atoms with Gasteiger partial charge in [0.2, 0.25) is 5.91 Å². The molecule has 0 heterocycles. The number of amides is 1. The van der Waals surface area contributed by atoms with Crippen molar-refractivity contribution in [2.45, 2.75) is 43.0 Å². The van der Waals surface area contributed by atoms with Crippen LogP contribution in [-0.2, 0) is 9.59 Å². The number of rotatable bonds is 6. The molecule has 0 unspecified atom stereocenters. The molecule has 6 heteroatoms. The molecule has 0 radical (unpaired) electrons. The lowest BCUT2D eigenvalue weighted by atomic mass is 9.74. The summed E-state index contributed by atoms with van der Waals surface area (Å²) < 4.78 is 1.02. The van der Waals surface area contributed by atoms with Crippen LogP contribution in [0.3, 0.4) is 0 Å². The van der Waals surface area contributed by atoms with Crippen LogP contribution in [0.1, 0.15) is 31.2 Å². The quantitative estimate of drug-likeness (QED) is 0.752. The Morgan fingerprint density at radius 3 is 2.67 bits per heavy atom. The van der Waals surface area contributed by atoms with E-state index >= 15 is 0 Å². The molecule has 114 valence electrons. The summed E-state index contributed by atoms with van der Waals surface area (Å²) in [5.41, 5.74) is 0.601. The summed E-state index contributed by atoms with van der Waals surface area (Å²) in [5, 5.41) is 11.8. The predicted octanol–water partition coefficient (Wildman–Crippen LogP) is 3.36. The van der Waals surface area contributed by atoms with Crippen LogP contribution in [0, 0.1) is 6.92 Å². The number of thioether (sulfide) groups is 1. The van der Waals surface area contributed by atoms with Gasteiger partial charge in [0, 0.05) is 9.37 Å². The fourth-order valence-electron chi connectivity index (χ4n) is 2.49. The van der Waals surface area contributed by atoms with Gasteiger partial charge in [0.25, 0.3) is 0 Å². The normalized spacial score (nSPS) is 16.1. The number of hydrogen-bond donors (Lipinski definition) is 2. The molecular formula is C15H18BrNO3S. The van der Waals surface area contributed by atoms with Gasteiger partial charge in [0.1, 0.15) is 0 Å². The summed E-state index contributed by atoms with van der Waals surface area (Å²) in [6, 6.07) is 5.94. The van der Waals surface area contributed by atoms with Crippen LogP contribution in [0.15, 0.2) is 27.6 Å². The minimum atomic E-state index is -0.855. The fraction of sp³-hybridized carbons (Fsp3) is 0.467. The van der Waals surface area contributed by atoms with E-state index in [1.807, 2.05) is 25.1 Å². The van der Waals surface area contributed by atoms with Gasteiger partial charge < -0.3 is 10.4 Å².